The van der Waals surface area contributed by atoms with Gasteiger partial charge in [0.2, 0.25) is 0 Å². The van der Waals surface area contributed by atoms with Gasteiger partial charge in [0.25, 0.3) is 0 Å². The summed E-state index contributed by atoms with van der Waals surface area (Å²) in [4.78, 5) is 6.66. The first kappa shape index (κ1) is 13.6. The van der Waals surface area contributed by atoms with E-state index in [0.717, 1.165) is 18.9 Å². The molecule has 0 unspecified atom stereocenters. The van der Waals surface area contributed by atoms with Crippen LogP contribution in [-0.4, -0.2) is 29.1 Å². The third-order valence-electron chi connectivity index (χ3n) is 4.30. The number of nitrogens with zero attached hydrogens (tertiary/aromatic N) is 3. The molecule has 1 fully saturated rings. The van der Waals surface area contributed by atoms with Gasteiger partial charge < -0.3 is 15.8 Å². The van der Waals surface area contributed by atoms with Gasteiger partial charge >= 0.3 is 0 Å². The number of hydrogen-bond donors (Lipinski definition) is 2. The third kappa shape index (κ3) is 2.97. The Hall–Kier alpha value is -1.78. The SMILES string of the molecule is CCC1(C)CCN(c2cc(C(N)=NO)ccn2)CC1. The van der Waals surface area contributed by atoms with Crippen molar-refractivity contribution in [2.75, 3.05) is 18.0 Å². The van der Waals surface area contributed by atoms with E-state index >= 15 is 0 Å². The smallest absolute Gasteiger partial charge is 0.170 e. The molecule has 3 N–H and O–H groups in total. The molecule has 1 aromatic heterocycles. The molecule has 5 heteroatoms. The summed E-state index contributed by atoms with van der Waals surface area (Å²) in [5.41, 5.74) is 6.77. The predicted octanol–water partition coefficient (Wildman–Crippen LogP) is 2.19. The maximum Gasteiger partial charge on any atom is 0.170 e. The normalized spacial score (nSPS) is 19.5. The third-order valence-corrected chi connectivity index (χ3v) is 4.30. The van der Waals surface area contributed by atoms with E-state index in [1.165, 1.54) is 19.3 Å². The van der Waals surface area contributed by atoms with E-state index in [1.807, 2.05) is 6.07 Å². The number of piperidine rings is 1. The molecule has 2 heterocycles. The lowest BCUT2D eigenvalue weighted by Gasteiger charge is -2.39. The van der Waals surface area contributed by atoms with Crippen LogP contribution in [0.3, 0.4) is 0 Å². The van der Waals surface area contributed by atoms with E-state index in [9.17, 15) is 0 Å². The van der Waals surface area contributed by atoms with Crippen molar-refractivity contribution >= 4 is 11.7 Å². The monoisotopic (exact) mass is 262 g/mol. The van der Waals surface area contributed by atoms with Crippen LogP contribution < -0.4 is 10.6 Å². The minimum absolute atomic E-state index is 0.124. The molecule has 0 saturated carbocycles. The van der Waals surface area contributed by atoms with Crippen molar-refractivity contribution in [3.63, 3.8) is 0 Å². The molecule has 1 aliphatic rings. The van der Waals surface area contributed by atoms with Gasteiger partial charge in [0.05, 0.1) is 0 Å². The summed E-state index contributed by atoms with van der Waals surface area (Å²) in [6.45, 7) is 6.63. The molecule has 2 rings (SSSR count). The predicted molar refractivity (Wildman–Crippen MR) is 76.6 cm³/mol. The second-order valence-electron chi connectivity index (χ2n) is 5.54. The summed E-state index contributed by atoms with van der Waals surface area (Å²) in [5, 5.41) is 11.7. The van der Waals surface area contributed by atoms with Crippen molar-refractivity contribution in [1.29, 1.82) is 0 Å². The summed E-state index contributed by atoms with van der Waals surface area (Å²) >= 11 is 0. The number of anilines is 1. The van der Waals surface area contributed by atoms with Crippen molar-refractivity contribution in [2.45, 2.75) is 33.1 Å². The molecule has 5 nitrogen and oxygen atoms in total. The Balaban J connectivity index is 2.12. The standard InChI is InChI=1S/C14H22N4O/c1-3-14(2)5-8-18(9-6-14)12-10-11(4-7-16-12)13(15)17-19/h4,7,10,19H,3,5-6,8-9H2,1-2H3,(H2,15,17). The van der Waals surface area contributed by atoms with E-state index in [-0.39, 0.29) is 5.84 Å². The van der Waals surface area contributed by atoms with Gasteiger partial charge in [-0.25, -0.2) is 4.98 Å². The van der Waals surface area contributed by atoms with Gasteiger partial charge in [-0.15, -0.1) is 0 Å². The van der Waals surface area contributed by atoms with Crippen molar-refractivity contribution in [1.82, 2.24) is 4.98 Å². The van der Waals surface area contributed by atoms with Crippen molar-refractivity contribution in [2.24, 2.45) is 16.3 Å². The molecule has 0 aliphatic carbocycles. The largest absolute Gasteiger partial charge is 0.409 e. The molecular weight excluding hydrogens is 240 g/mol. The summed E-state index contributed by atoms with van der Waals surface area (Å²) in [5.74, 6) is 1.03. The van der Waals surface area contributed by atoms with E-state index in [1.54, 1.807) is 12.3 Å². The molecule has 0 aromatic carbocycles. The minimum atomic E-state index is 0.124. The molecule has 1 aromatic rings. The first-order chi connectivity index (χ1) is 9.08. The van der Waals surface area contributed by atoms with Gasteiger partial charge in [-0.05, 0) is 30.4 Å². The summed E-state index contributed by atoms with van der Waals surface area (Å²) in [7, 11) is 0. The highest BCUT2D eigenvalue weighted by Crippen LogP contribution is 2.35. The van der Waals surface area contributed by atoms with Crippen LogP contribution in [0.4, 0.5) is 5.82 Å². The van der Waals surface area contributed by atoms with Crippen LogP contribution in [0, 0.1) is 5.41 Å². The first-order valence-electron chi connectivity index (χ1n) is 6.77. The van der Waals surface area contributed by atoms with Crippen LogP contribution in [0.2, 0.25) is 0 Å². The molecule has 0 bridgehead atoms. The Morgan fingerprint density at radius 3 is 2.79 bits per heavy atom. The highest BCUT2D eigenvalue weighted by molar-refractivity contribution is 5.97. The number of amidine groups is 1. The molecule has 104 valence electrons. The van der Waals surface area contributed by atoms with Crippen molar-refractivity contribution in [3.05, 3.63) is 23.9 Å². The second-order valence-corrected chi connectivity index (χ2v) is 5.54. The van der Waals surface area contributed by atoms with Gasteiger partial charge in [0, 0.05) is 24.8 Å². The Kier molecular flexibility index (Phi) is 3.93. The van der Waals surface area contributed by atoms with Crippen LogP contribution in [0.5, 0.6) is 0 Å². The zero-order valence-electron chi connectivity index (χ0n) is 11.6. The fraction of sp³-hybridized carbons (Fsp3) is 0.571. The zero-order valence-corrected chi connectivity index (χ0v) is 11.6. The molecule has 0 radical (unpaired) electrons. The topological polar surface area (TPSA) is 74.7 Å². The van der Waals surface area contributed by atoms with Crippen LogP contribution in [0.15, 0.2) is 23.5 Å². The summed E-state index contributed by atoms with van der Waals surface area (Å²) in [6.07, 6.45) is 5.28. The van der Waals surface area contributed by atoms with Crippen LogP contribution in [0.25, 0.3) is 0 Å². The van der Waals surface area contributed by atoms with E-state index in [2.05, 4.69) is 28.9 Å². The number of pyridine rings is 1. The van der Waals surface area contributed by atoms with Crippen molar-refractivity contribution < 1.29 is 5.21 Å². The lowest BCUT2D eigenvalue weighted by atomic mass is 9.78. The average molecular weight is 262 g/mol. The molecule has 0 amide bonds. The lowest BCUT2D eigenvalue weighted by molar-refractivity contribution is 0.238. The highest BCUT2D eigenvalue weighted by Gasteiger charge is 2.28. The molecule has 1 saturated heterocycles. The van der Waals surface area contributed by atoms with Crippen LogP contribution in [-0.2, 0) is 0 Å². The number of hydrogen-bond acceptors (Lipinski definition) is 4. The second kappa shape index (κ2) is 5.47. The molecule has 0 atom stereocenters. The molecule has 0 spiro atoms. The van der Waals surface area contributed by atoms with Crippen molar-refractivity contribution in [3.8, 4) is 0 Å². The maximum atomic E-state index is 8.72. The summed E-state index contributed by atoms with van der Waals surface area (Å²) in [6, 6.07) is 3.63. The maximum absolute atomic E-state index is 8.72. The van der Waals surface area contributed by atoms with Crippen LogP contribution in [0.1, 0.15) is 38.7 Å². The number of nitrogens with two attached hydrogens (primary N) is 1. The fourth-order valence-electron chi connectivity index (χ4n) is 2.44. The Labute approximate surface area is 114 Å². The first-order valence-corrected chi connectivity index (χ1v) is 6.77. The average Bonchev–Trinajstić information content (AvgIpc) is 2.47. The number of oxime groups is 1. The van der Waals surface area contributed by atoms with Gasteiger partial charge in [-0.1, -0.05) is 25.4 Å². The van der Waals surface area contributed by atoms with E-state index in [0.29, 0.717) is 11.0 Å². The lowest BCUT2D eigenvalue weighted by Crippen LogP contribution is -2.38. The number of aromatic nitrogens is 1. The van der Waals surface area contributed by atoms with E-state index in [4.69, 9.17) is 10.9 Å². The van der Waals surface area contributed by atoms with E-state index < -0.39 is 0 Å². The molecular formula is C14H22N4O. The van der Waals surface area contributed by atoms with Gasteiger partial charge in [-0.3, -0.25) is 0 Å². The summed E-state index contributed by atoms with van der Waals surface area (Å²) < 4.78 is 0. The highest BCUT2D eigenvalue weighted by atomic mass is 16.4. The molecule has 19 heavy (non-hydrogen) atoms. The Morgan fingerprint density at radius 2 is 2.21 bits per heavy atom. The Bertz CT molecular complexity index is 464. The molecule has 1 aliphatic heterocycles. The minimum Gasteiger partial charge on any atom is -0.409 e. The van der Waals surface area contributed by atoms with Gasteiger partial charge in [0.15, 0.2) is 5.84 Å². The van der Waals surface area contributed by atoms with Gasteiger partial charge in [0.1, 0.15) is 5.82 Å². The van der Waals surface area contributed by atoms with Crippen LogP contribution >= 0.6 is 0 Å². The zero-order chi connectivity index (χ0) is 13.9. The Morgan fingerprint density at radius 1 is 1.53 bits per heavy atom. The fourth-order valence-corrected chi connectivity index (χ4v) is 2.44. The van der Waals surface area contributed by atoms with Gasteiger partial charge in [-0.2, -0.15) is 0 Å². The quantitative estimate of drug-likeness (QED) is 0.379. The number of rotatable bonds is 3.